The molecule has 5 nitrogen and oxygen atoms in total. The zero-order valence-corrected chi connectivity index (χ0v) is 14.0. The second-order valence-corrected chi connectivity index (χ2v) is 8.35. The van der Waals surface area contributed by atoms with Gasteiger partial charge in [-0.3, -0.25) is 13.8 Å². The van der Waals surface area contributed by atoms with Gasteiger partial charge in [-0.15, -0.1) is 0 Å². The number of hydrogen-bond donors (Lipinski definition) is 0. The van der Waals surface area contributed by atoms with Crippen LogP contribution in [-0.4, -0.2) is 38.3 Å². The summed E-state index contributed by atoms with van der Waals surface area (Å²) in [6.45, 7) is -1.01. The van der Waals surface area contributed by atoms with Gasteiger partial charge in [-0.05, 0) is 38.0 Å². The Bertz CT molecular complexity index is 605. The first-order valence-corrected chi connectivity index (χ1v) is 9.12. The highest BCUT2D eigenvalue weighted by Gasteiger charge is 2.60. The first kappa shape index (κ1) is 18.8. The van der Waals surface area contributed by atoms with Gasteiger partial charge in [0.25, 0.3) is 0 Å². The number of ether oxygens (including phenoxy) is 1. The normalized spacial score (nSPS) is 35.7. The van der Waals surface area contributed by atoms with E-state index in [-0.39, 0.29) is 23.5 Å². The van der Waals surface area contributed by atoms with Crippen LogP contribution in [-0.2, 0) is 25.4 Å². The van der Waals surface area contributed by atoms with E-state index in [0.29, 0.717) is 19.3 Å². The third-order valence-electron chi connectivity index (χ3n) is 5.71. The van der Waals surface area contributed by atoms with Crippen molar-refractivity contribution >= 4 is 22.8 Å². The van der Waals surface area contributed by atoms with Gasteiger partial charge >= 0.3 is 17.1 Å². The van der Waals surface area contributed by atoms with Crippen molar-refractivity contribution in [3.8, 4) is 0 Å². The summed E-state index contributed by atoms with van der Waals surface area (Å²) in [7, 11) is 0. The van der Waals surface area contributed by atoms with Gasteiger partial charge in [-0.25, -0.2) is 0 Å². The summed E-state index contributed by atoms with van der Waals surface area (Å²) in [5.41, 5.74) is -0.899. The quantitative estimate of drug-likeness (QED) is 0.398. The monoisotopic (exact) mass is 385 g/mol. The fourth-order valence-electron chi connectivity index (χ4n) is 4.69. The topological polar surface area (TPSA) is 83.5 Å². The van der Waals surface area contributed by atoms with Gasteiger partial charge in [0.2, 0.25) is 0 Å². The van der Waals surface area contributed by atoms with E-state index in [1.54, 1.807) is 0 Å². The predicted octanol–water partition coefficient (Wildman–Crippen LogP) is 2.42. The number of Topliss-reactive ketones (excluding diaryl/α,β-unsaturated/α-hetero) is 1. The second kappa shape index (κ2) is 6.00. The van der Waals surface area contributed by atoms with E-state index in [0.717, 1.165) is 12.8 Å². The third-order valence-corrected chi connectivity index (χ3v) is 6.43. The first-order valence-electron chi connectivity index (χ1n) is 8.04. The molecule has 0 heterocycles. The fraction of sp³-hybridized carbons (Fsp3) is 0.867. The summed E-state index contributed by atoms with van der Waals surface area (Å²) >= 11 is -4.28. The van der Waals surface area contributed by atoms with Crippen LogP contribution in [0, 0.1) is 23.2 Å². The summed E-state index contributed by atoms with van der Waals surface area (Å²) in [4.78, 5) is 24.5. The zero-order valence-electron chi connectivity index (χ0n) is 13.1. The Morgan fingerprint density at radius 1 is 1.20 bits per heavy atom. The number of ketones is 1. The lowest BCUT2D eigenvalue weighted by Gasteiger charge is -2.53. The van der Waals surface area contributed by atoms with Gasteiger partial charge in [0, 0.05) is 22.9 Å². The highest BCUT2D eigenvalue weighted by molar-refractivity contribution is 7.80. The first-order chi connectivity index (χ1) is 11.5. The van der Waals surface area contributed by atoms with Crippen molar-refractivity contribution in [1.29, 1.82) is 0 Å². The Morgan fingerprint density at radius 3 is 2.28 bits per heavy atom. The minimum absolute atomic E-state index is 0.142. The molecular formula is C15H17F4O5S-. The van der Waals surface area contributed by atoms with Crippen LogP contribution in [0.1, 0.15) is 38.5 Å². The molecule has 0 saturated heterocycles. The van der Waals surface area contributed by atoms with E-state index >= 15 is 0 Å². The molecule has 4 aliphatic rings. The van der Waals surface area contributed by atoms with Crippen LogP contribution in [0.4, 0.5) is 17.6 Å². The van der Waals surface area contributed by atoms with Gasteiger partial charge in [0.05, 0.1) is 18.4 Å². The van der Waals surface area contributed by atoms with E-state index in [2.05, 4.69) is 0 Å². The van der Waals surface area contributed by atoms with Crippen LogP contribution in [0.15, 0.2) is 0 Å². The summed E-state index contributed by atoms with van der Waals surface area (Å²) in [5, 5.41) is -5.23. The maximum Gasteiger partial charge on any atom is 0.371 e. The molecule has 0 aromatic carbocycles. The number of carbonyl (C=O) groups is 2. The molecule has 4 aliphatic carbocycles. The molecule has 4 rings (SSSR count). The van der Waals surface area contributed by atoms with Crippen molar-refractivity contribution in [1.82, 2.24) is 0 Å². The molecule has 10 heteroatoms. The number of carbonyl (C=O) groups excluding carboxylic acids is 2. The molecule has 0 aliphatic heterocycles. The lowest BCUT2D eigenvalue weighted by Crippen LogP contribution is -2.55. The Kier molecular flexibility index (Phi) is 4.50. The van der Waals surface area contributed by atoms with E-state index in [4.69, 9.17) is 4.74 Å². The molecule has 4 saturated carbocycles. The summed E-state index contributed by atoms with van der Waals surface area (Å²) in [5.74, 6) is -5.65. The Morgan fingerprint density at radius 2 is 1.76 bits per heavy atom. The average molecular weight is 385 g/mol. The number of hydrogen-bond acceptors (Lipinski definition) is 5. The van der Waals surface area contributed by atoms with Crippen LogP contribution in [0.25, 0.3) is 0 Å². The molecule has 0 amide bonds. The van der Waals surface area contributed by atoms with Crippen LogP contribution >= 0.6 is 0 Å². The molecule has 25 heavy (non-hydrogen) atoms. The molecule has 0 spiro atoms. The Balaban J connectivity index is 1.61. The average Bonchev–Trinajstić information content (AvgIpc) is 2.51. The smallest absolute Gasteiger partial charge is 0.371 e. The minimum atomic E-state index is -5.23. The molecule has 3 unspecified atom stereocenters. The molecule has 0 aromatic rings. The van der Waals surface area contributed by atoms with E-state index in [1.165, 1.54) is 0 Å². The van der Waals surface area contributed by atoms with Crippen LogP contribution in [0.3, 0.4) is 0 Å². The summed E-state index contributed by atoms with van der Waals surface area (Å²) in [6.07, 6.45) is 1.01. The van der Waals surface area contributed by atoms with E-state index in [9.17, 15) is 35.9 Å². The summed E-state index contributed by atoms with van der Waals surface area (Å²) in [6, 6.07) is 0. The van der Waals surface area contributed by atoms with Gasteiger partial charge in [0.1, 0.15) is 5.78 Å². The second-order valence-electron chi connectivity index (χ2n) is 7.37. The summed E-state index contributed by atoms with van der Waals surface area (Å²) < 4.78 is 77.9. The molecule has 0 N–H and O–H groups in total. The molecular weight excluding hydrogens is 368 g/mol. The molecule has 0 aromatic heterocycles. The van der Waals surface area contributed by atoms with E-state index in [1.807, 2.05) is 0 Å². The molecule has 3 atom stereocenters. The lowest BCUT2D eigenvalue weighted by molar-refractivity contribution is -0.185. The van der Waals surface area contributed by atoms with Crippen molar-refractivity contribution in [3.05, 3.63) is 0 Å². The number of esters is 1. The standard InChI is InChI=1S/C15H18F4O5S/c16-14(17,15(18,19)25(22)23)1-2-24-12(21)13-5-8-3-9(6-13)11(20)10(4-8)7-13/h8-10H,1-7H2,(H,22,23)/p-1. The van der Waals surface area contributed by atoms with Crippen molar-refractivity contribution in [2.75, 3.05) is 6.61 Å². The maximum absolute atomic E-state index is 13.3. The predicted molar refractivity (Wildman–Crippen MR) is 75.4 cm³/mol. The Hall–Kier alpha value is -1.03. The number of alkyl halides is 4. The number of halogens is 4. The molecule has 4 bridgehead atoms. The fourth-order valence-corrected chi connectivity index (χ4v) is 5.04. The van der Waals surface area contributed by atoms with Gasteiger partial charge in [-0.2, -0.15) is 17.6 Å². The van der Waals surface area contributed by atoms with Crippen LogP contribution in [0.2, 0.25) is 0 Å². The van der Waals surface area contributed by atoms with E-state index < -0.39 is 46.7 Å². The SMILES string of the molecule is O=C1C2CC3CC1CC(C(=O)OCCC(F)(F)C(F)(F)S(=O)[O-])(C3)C2. The van der Waals surface area contributed by atoms with Crippen molar-refractivity contribution in [2.24, 2.45) is 23.2 Å². The Labute approximate surface area is 143 Å². The molecule has 4 fully saturated rings. The zero-order chi connectivity index (χ0) is 18.6. The van der Waals surface area contributed by atoms with Gasteiger partial charge < -0.3 is 9.29 Å². The van der Waals surface area contributed by atoms with Gasteiger partial charge in [0.15, 0.2) is 0 Å². The third kappa shape index (κ3) is 3.01. The van der Waals surface area contributed by atoms with Crippen LogP contribution < -0.4 is 0 Å². The minimum Gasteiger partial charge on any atom is -0.768 e. The van der Waals surface area contributed by atoms with Crippen molar-refractivity contribution < 1.29 is 40.6 Å². The number of rotatable bonds is 6. The largest absolute Gasteiger partial charge is 0.768 e. The highest BCUT2D eigenvalue weighted by atomic mass is 32.2. The highest BCUT2D eigenvalue weighted by Crippen LogP contribution is 2.59. The molecule has 142 valence electrons. The maximum atomic E-state index is 13.3. The molecule has 0 radical (unpaired) electrons. The van der Waals surface area contributed by atoms with Gasteiger partial charge in [-0.1, -0.05) is 0 Å². The lowest BCUT2D eigenvalue weighted by atomic mass is 9.49. The van der Waals surface area contributed by atoms with Crippen molar-refractivity contribution in [2.45, 2.75) is 49.7 Å². The van der Waals surface area contributed by atoms with Crippen LogP contribution in [0.5, 0.6) is 0 Å². The van der Waals surface area contributed by atoms with Crippen molar-refractivity contribution in [3.63, 3.8) is 0 Å².